The van der Waals surface area contributed by atoms with E-state index >= 15 is 0 Å². The first-order valence-electron chi connectivity index (χ1n) is 9.01. The molecule has 1 aliphatic rings. The molecular weight excluding hydrogens is 360 g/mol. The lowest BCUT2D eigenvalue weighted by Gasteiger charge is -2.39. The fourth-order valence-electron chi connectivity index (χ4n) is 2.94. The highest BCUT2D eigenvalue weighted by Crippen LogP contribution is 2.31. The number of para-hydroxylation sites is 1. The van der Waals surface area contributed by atoms with Crippen LogP contribution in [0.1, 0.15) is 16.2 Å². The molecule has 0 radical (unpaired) electrons. The van der Waals surface area contributed by atoms with E-state index in [1.54, 1.807) is 36.5 Å². The van der Waals surface area contributed by atoms with Gasteiger partial charge in [-0.15, -0.1) is 0 Å². The van der Waals surface area contributed by atoms with Gasteiger partial charge in [-0.3, -0.25) is 9.78 Å². The quantitative estimate of drug-likeness (QED) is 0.621. The van der Waals surface area contributed by atoms with E-state index in [4.69, 9.17) is 14.0 Å². The number of rotatable bonds is 7. The second-order valence-electron chi connectivity index (χ2n) is 6.44. The number of likely N-dealkylation sites (tertiary alicyclic amines) is 1. The van der Waals surface area contributed by atoms with Crippen molar-refractivity contribution >= 4 is 5.91 Å². The fraction of sp³-hybridized carbons (Fsp3) is 0.300. The Balaban J connectivity index is 1.40. The zero-order valence-corrected chi connectivity index (χ0v) is 15.4. The number of amides is 1. The lowest BCUT2D eigenvalue weighted by Crippen LogP contribution is -2.56. The number of carbonyl (C=O) groups excluding carboxylic acids is 1. The monoisotopic (exact) mass is 380 g/mol. The van der Waals surface area contributed by atoms with Crippen LogP contribution in [0.4, 0.5) is 0 Å². The molecule has 0 N–H and O–H groups in total. The van der Waals surface area contributed by atoms with Crippen molar-refractivity contribution in [3.05, 3.63) is 60.2 Å². The average molecular weight is 380 g/mol. The molecular formula is C20H20N4O4. The summed E-state index contributed by atoms with van der Waals surface area (Å²) >= 11 is 0. The number of aromatic nitrogens is 3. The van der Waals surface area contributed by atoms with Crippen LogP contribution in [0.15, 0.2) is 53.3 Å². The van der Waals surface area contributed by atoms with Gasteiger partial charge < -0.3 is 18.9 Å². The highest BCUT2D eigenvalue weighted by molar-refractivity contribution is 5.94. The van der Waals surface area contributed by atoms with Crippen LogP contribution in [-0.4, -0.2) is 58.8 Å². The van der Waals surface area contributed by atoms with E-state index in [9.17, 15) is 4.79 Å². The summed E-state index contributed by atoms with van der Waals surface area (Å²) in [6, 6.07) is 10.9. The summed E-state index contributed by atoms with van der Waals surface area (Å²) in [6.45, 7) is 1.58. The smallest absolute Gasteiger partial charge is 0.261 e. The molecule has 0 unspecified atom stereocenters. The van der Waals surface area contributed by atoms with Gasteiger partial charge in [-0.05, 0) is 24.3 Å². The maximum atomic E-state index is 12.4. The van der Waals surface area contributed by atoms with Gasteiger partial charge in [0.25, 0.3) is 11.8 Å². The molecule has 0 atom stereocenters. The zero-order valence-electron chi connectivity index (χ0n) is 15.4. The highest BCUT2D eigenvalue weighted by atomic mass is 16.5. The lowest BCUT2D eigenvalue weighted by atomic mass is 10.1. The Morgan fingerprint density at radius 1 is 1.21 bits per heavy atom. The van der Waals surface area contributed by atoms with Gasteiger partial charge in [0.1, 0.15) is 11.9 Å². The Morgan fingerprint density at radius 2 is 2.00 bits per heavy atom. The number of hydrogen-bond donors (Lipinski definition) is 0. The number of nitrogens with zero attached hydrogens (tertiary/aromatic N) is 4. The van der Waals surface area contributed by atoms with Crippen LogP contribution < -0.4 is 4.74 Å². The van der Waals surface area contributed by atoms with Crippen LogP contribution in [0.2, 0.25) is 0 Å². The minimum absolute atomic E-state index is 0.0183. The number of hydrogen-bond acceptors (Lipinski definition) is 7. The molecule has 1 saturated heterocycles. The maximum absolute atomic E-state index is 12.4. The number of pyridine rings is 1. The first-order valence-corrected chi connectivity index (χ1v) is 9.01. The van der Waals surface area contributed by atoms with Crippen LogP contribution in [0.3, 0.4) is 0 Å². The predicted octanol–water partition coefficient (Wildman–Crippen LogP) is 2.22. The predicted molar refractivity (Wildman–Crippen MR) is 99.9 cm³/mol. The van der Waals surface area contributed by atoms with Crippen molar-refractivity contribution in [2.75, 3.05) is 26.8 Å². The van der Waals surface area contributed by atoms with Gasteiger partial charge in [0, 0.05) is 31.5 Å². The molecule has 3 aromatic rings. The van der Waals surface area contributed by atoms with E-state index < -0.39 is 0 Å². The summed E-state index contributed by atoms with van der Waals surface area (Å²) in [4.78, 5) is 22.5. The molecule has 8 nitrogen and oxygen atoms in total. The molecule has 1 amide bonds. The van der Waals surface area contributed by atoms with Crippen LogP contribution in [-0.2, 0) is 11.2 Å². The fourth-order valence-corrected chi connectivity index (χ4v) is 2.94. The summed E-state index contributed by atoms with van der Waals surface area (Å²) in [7, 11) is 1.63. The van der Waals surface area contributed by atoms with Crippen LogP contribution in [0, 0.1) is 0 Å². The Labute approximate surface area is 162 Å². The Morgan fingerprint density at radius 3 is 2.79 bits per heavy atom. The second kappa shape index (κ2) is 8.18. The number of ether oxygens (including phenoxy) is 2. The van der Waals surface area contributed by atoms with Gasteiger partial charge in [0.2, 0.25) is 0 Å². The Kier molecular flexibility index (Phi) is 5.29. The zero-order chi connectivity index (χ0) is 19.3. The van der Waals surface area contributed by atoms with Gasteiger partial charge in [0.15, 0.2) is 5.82 Å². The molecule has 8 heteroatoms. The molecule has 3 heterocycles. The molecule has 0 spiro atoms. The van der Waals surface area contributed by atoms with Gasteiger partial charge >= 0.3 is 0 Å². The molecule has 2 aromatic heterocycles. The summed E-state index contributed by atoms with van der Waals surface area (Å²) < 4.78 is 16.5. The van der Waals surface area contributed by atoms with Gasteiger partial charge in [-0.25, -0.2) is 0 Å². The maximum Gasteiger partial charge on any atom is 0.261 e. The molecule has 28 heavy (non-hydrogen) atoms. The van der Waals surface area contributed by atoms with Crippen molar-refractivity contribution in [2.24, 2.45) is 0 Å². The molecule has 0 aliphatic carbocycles. The van der Waals surface area contributed by atoms with Crippen molar-refractivity contribution in [3.8, 4) is 17.2 Å². The number of carbonyl (C=O) groups is 1. The largest absolute Gasteiger partial charge is 0.486 e. The minimum Gasteiger partial charge on any atom is -0.486 e. The minimum atomic E-state index is -0.0807. The highest BCUT2D eigenvalue weighted by Gasteiger charge is 2.33. The molecule has 1 aromatic carbocycles. The molecule has 144 valence electrons. The topological polar surface area (TPSA) is 90.6 Å². The molecule has 1 fully saturated rings. The van der Waals surface area contributed by atoms with Crippen molar-refractivity contribution in [2.45, 2.75) is 12.5 Å². The van der Waals surface area contributed by atoms with Crippen molar-refractivity contribution < 1.29 is 18.8 Å². The Bertz CT molecular complexity index is 938. The lowest BCUT2D eigenvalue weighted by molar-refractivity contribution is 0.0179. The van der Waals surface area contributed by atoms with Crippen LogP contribution >= 0.6 is 0 Å². The SMILES string of the molecule is COCCc1noc(-c2ccccc2OC2CN(C(=O)c3ccncc3)C2)n1. The number of benzene rings is 1. The first kappa shape index (κ1) is 18.1. The second-order valence-corrected chi connectivity index (χ2v) is 6.44. The van der Waals surface area contributed by atoms with E-state index in [1.165, 1.54) is 0 Å². The van der Waals surface area contributed by atoms with Gasteiger partial charge in [-0.1, -0.05) is 17.3 Å². The van der Waals surface area contributed by atoms with E-state index in [0.717, 1.165) is 5.56 Å². The van der Waals surface area contributed by atoms with Crippen molar-refractivity contribution in [1.82, 2.24) is 20.0 Å². The van der Waals surface area contributed by atoms with Crippen LogP contribution in [0.5, 0.6) is 5.75 Å². The summed E-state index contributed by atoms with van der Waals surface area (Å²) in [5.74, 6) is 1.64. The van der Waals surface area contributed by atoms with E-state index in [-0.39, 0.29) is 12.0 Å². The third kappa shape index (κ3) is 3.86. The molecule has 4 rings (SSSR count). The Hall–Kier alpha value is -3.26. The van der Waals surface area contributed by atoms with E-state index in [2.05, 4.69) is 15.1 Å². The summed E-state index contributed by atoms with van der Waals surface area (Å²) in [5, 5.41) is 3.97. The van der Waals surface area contributed by atoms with E-state index in [0.29, 0.717) is 49.1 Å². The molecule has 0 bridgehead atoms. The third-order valence-corrected chi connectivity index (χ3v) is 4.47. The van der Waals surface area contributed by atoms with Crippen molar-refractivity contribution in [3.63, 3.8) is 0 Å². The summed E-state index contributed by atoms with van der Waals surface area (Å²) in [6.07, 6.45) is 3.73. The summed E-state index contributed by atoms with van der Waals surface area (Å²) in [5.41, 5.74) is 1.36. The standard InChI is InChI=1S/C20H20N4O4/c1-26-11-8-18-22-19(28-23-18)16-4-2-3-5-17(16)27-15-12-24(13-15)20(25)14-6-9-21-10-7-14/h2-7,9-10,15H,8,11-13H2,1H3. The number of methoxy groups -OCH3 is 1. The molecule has 0 saturated carbocycles. The van der Waals surface area contributed by atoms with Gasteiger partial charge in [0.05, 0.1) is 25.3 Å². The average Bonchev–Trinajstić information content (AvgIpc) is 3.18. The van der Waals surface area contributed by atoms with Crippen molar-refractivity contribution in [1.29, 1.82) is 0 Å². The van der Waals surface area contributed by atoms with E-state index in [1.807, 2.05) is 24.3 Å². The first-order chi connectivity index (χ1) is 13.7. The normalized spacial score (nSPS) is 14.0. The van der Waals surface area contributed by atoms with Gasteiger partial charge in [-0.2, -0.15) is 4.98 Å². The molecule has 1 aliphatic heterocycles. The van der Waals surface area contributed by atoms with Crippen LogP contribution in [0.25, 0.3) is 11.5 Å². The third-order valence-electron chi connectivity index (χ3n) is 4.47.